The fourth-order valence-corrected chi connectivity index (χ4v) is 5.29. The first-order valence-electron chi connectivity index (χ1n) is 9.67. The Morgan fingerprint density at radius 2 is 2.07 bits per heavy atom. The summed E-state index contributed by atoms with van der Waals surface area (Å²) in [6.45, 7) is 1.91. The summed E-state index contributed by atoms with van der Waals surface area (Å²) in [5, 5.41) is 4.30. The number of carbonyl (C=O) groups is 2. The monoisotopic (exact) mass is 415 g/mol. The van der Waals surface area contributed by atoms with E-state index in [0.29, 0.717) is 23.0 Å². The molecular weight excluding hydrogens is 394 g/mol. The minimum Gasteiger partial charge on any atom is -0.326 e. The first-order valence-corrected chi connectivity index (χ1v) is 10.9. The molecule has 0 aromatic heterocycles. The summed E-state index contributed by atoms with van der Waals surface area (Å²) in [5.74, 6) is -0.0700. The summed E-state index contributed by atoms with van der Waals surface area (Å²) < 4.78 is 0. The molecule has 2 amide bonds. The largest absolute Gasteiger partial charge is 0.326 e. The first-order chi connectivity index (χ1) is 13.5. The van der Waals surface area contributed by atoms with Gasteiger partial charge in [-0.2, -0.15) is 4.99 Å². The number of anilines is 1. The lowest BCUT2D eigenvalue weighted by molar-refractivity contribution is -0.119. The van der Waals surface area contributed by atoms with Crippen LogP contribution in [0.2, 0.25) is 5.02 Å². The highest BCUT2D eigenvalue weighted by Gasteiger charge is 2.39. The molecule has 1 N–H and O–H groups in total. The molecule has 2 aliphatic heterocycles. The molecular formula is C21H22ClN3O2S. The van der Waals surface area contributed by atoms with Gasteiger partial charge in [-0.25, -0.2) is 4.99 Å². The van der Waals surface area contributed by atoms with E-state index in [0.717, 1.165) is 29.9 Å². The number of aliphatic imine (C=N–C) groups is 2. The number of rotatable bonds is 4. The zero-order valence-corrected chi connectivity index (χ0v) is 17.3. The van der Waals surface area contributed by atoms with E-state index >= 15 is 0 Å². The highest BCUT2D eigenvalue weighted by molar-refractivity contribution is 8.17. The number of thioether (sulfide) groups is 1. The van der Waals surface area contributed by atoms with E-state index in [1.807, 2.05) is 19.1 Å². The summed E-state index contributed by atoms with van der Waals surface area (Å²) in [6, 6.07) is 5.41. The van der Waals surface area contributed by atoms with Crippen LogP contribution in [0.25, 0.3) is 0 Å². The van der Waals surface area contributed by atoms with Crippen LogP contribution in [0.3, 0.4) is 0 Å². The molecule has 0 saturated carbocycles. The van der Waals surface area contributed by atoms with Crippen molar-refractivity contribution in [2.75, 3.05) is 5.32 Å². The Kier molecular flexibility index (Phi) is 5.69. The molecule has 1 atom stereocenters. The number of hydrogen-bond donors (Lipinski definition) is 1. The summed E-state index contributed by atoms with van der Waals surface area (Å²) in [4.78, 5) is 35.0. The summed E-state index contributed by atoms with van der Waals surface area (Å²) in [7, 11) is 0. The van der Waals surface area contributed by atoms with E-state index < -0.39 is 0 Å². The average molecular weight is 416 g/mol. The number of nitrogens with one attached hydrogen (secondary N) is 1. The molecule has 2 heterocycles. The van der Waals surface area contributed by atoms with E-state index in [4.69, 9.17) is 11.6 Å². The molecule has 0 fully saturated rings. The molecule has 28 heavy (non-hydrogen) atoms. The zero-order valence-electron chi connectivity index (χ0n) is 15.8. The molecule has 1 aliphatic carbocycles. The van der Waals surface area contributed by atoms with Gasteiger partial charge in [0.15, 0.2) is 0 Å². The average Bonchev–Trinajstić information content (AvgIpc) is 2.85. The topological polar surface area (TPSA) is 70.9 Å². The number of aryl methyl sites for hydroxylation is 1. The third kappa shape index (κ3) is 4.08. The zero-order chi connectivity index (χ0) is 19.7. The van der Waals surface area contributed by atoms with Crippen LogP contribution in [0.5, 0.6) is 0 Å². The van der Waals surface area contributed by atoms with Gasteiger partial charge < -0.3 is 5.32 Å². The lowest BCUT2D eigenvalue weighted by Crippen LogP contribution is -2.26. The highest BCUT2D eigenvalue weighted by Crippen LogP contribution is 2.46. The van der Waals surface area contributed by atoms with Crippen molar-refractivity contribution in [2.24, 2.45) is 15.9 Å². The minimum atomic E-state index is -0.259. The van der Waals surface area contributed by atoms with Crippen molar-refractivity contribution in [3.8, 4) is 0 Å². The van der Waals surface area contributed by atoms with Gasteiger partial charge in [-0.3, -0.25) is 9.59 Å². The van der Waals surface area contributed by atoms with Crippen molar-refractivity contribution in [3.05, 3.63) is 39.3 Å². The lowest BCUT2D eigenvalue weighted by Gasteiger charge is -2.16. The van der Waals surface area contributed by atoms with E-state index in [1.54, 1.807) is 17.8 Å². The van der Waals surface area contributed by atoms with Gasteiger partial charge in [0.2, 0.25) is 5.91 Å². The predicted molar refractivity (Wildman–Crippen MR) is 115 cm³/mol. The molecule has 1 unspecified atom stereocenters. The van der Waals surface area contributed by atoms with Gasteiger partial charge in [0.05, 0.1) is 5.04 Å². The van der Waals surface area contributed by atoms with Crippen LogP contribution in [0.15, 0.2) is 38.7 Å². The van der Waals surface area contributed by atoms with E-state index in [-0.39, 0.29) is 24.2 Å². The van der Waals surface area contributed by atoms with Gasteiger partial charge in [0.25, 0.3) is 5.91 Å². The third-order valence-electron chi connectivity index (χ3n) is 5.29. The van der Waals surface area contributed by atoms with Crippen LogP contribution in [0.1, 0.15) is 50.5 Å². The number of fused-ring (bicyclic) bond motifs is 2. The molecule has 146 valence electrons. The number of carbonyl (C=O) groups excluding carboxylic acids is 2. The maximum absolute atomic E-state index is 12.6. The van der Waals surface area contributed by atoms with Crippen molar-refractivity contribution >= 4 is 51.7 Å². The standard InChI is InChI=1S/C21H22ClN3O2S/c1-12-7-8-13(11-15(12)22)23-18(26)10-9-17-24-20(27)19-14-5-3-2-4-6-16(14)28-21(19)25-17/h7-8,11,19H,2-6,9-10H2,1H3,(H,23,26). The van der Waals surface area contributed by atoms with E-state index in [1.165, 1.54) is 23.3 Å². The van der Waals surface area contributed by atoms with E-state index in [2.05, 4.69) is 15.3 Å². The van der Waals surface area contributed by atoms with E-state index in [9.17, 15) is 9.59 Å². The highest BCUT2D eigenvalue weighted by atomic mass is 35.5. The molecule has 1 aromatic carbocycles. The molecule has 1 aromatic rings. The van der Waals surface area contributed by atoms with Crippen molar-refractivity contribution in [1.29, 1.82) is 0 Å². The number of allylic oxidation sites excluding steroid dienone is 1. The summed E-state index contributed by atoms with van der Waals surface area (Å²) in [5.41, 5.74) is 2.86. The Morgan fingerprint density at radius 1 is 1.25 bits per heavy atom. The number of nitrogens with zero attached hydrogens (tertiary/aromatic N) is 2. The van der Waals surface area contributed by atoms with Crippen LogP contribution in [0.4, 0.5) is 5.69 Å². The fraction of sp³-hybridized carbons (Fsp3) is 0.429. The number of amidine groups is 1. The smallest absolute Gasteiger partial charge is 0.261 e. The lowest BCUT2D eigenvalue weighted by atomic mass is 9.94. The molecule has 5 nitrogen and oxygen atoms in total. The molecule has 0 saturated heterocycles. The van der Waals surface area contributed by atoms with Gasteiger partial charge in [-0.1, -0.05) is 35.9 Å². The van der Waals surface area contributed by atoms with Gasteiger partial charge in [-0.05, 0) is 60.8 Å². The second-order valence-corrected chi connectivity index (χ2v) is 8.89. The van der Waals surface area contributed by atoms with Gasteiger partial charge >= 0.3 is 0 Å². The molecule has 4 rings (SSSR count). The maximum atomic E-state index is 12.6. The Balaban J connectivity index is 1.37. The molecule has 0 spiro atoms. The number of amides is 2. The Hall–Kier alpha value is -1.92. The quantitative estimate of drug-likeness (QED) is 0.726. The minimum absolute atomic E-state index is 0.120. The Labute approximate surface area is 173 Å². The normalized spacial score (nSPS) is 21.5. The maximum Gasteiger partial charge on any atom is 0.261 e. The number of halogens is 1. The fourth-order valence-electron chi connectivity index (χ4n) is 3.75. The van der Waals surface area contributed by atoms with Crippen LogP contribution < -0.4 is 5.32 Å². The first kappa shape index (κ1) is 19.4. The van der Waals surface area contributed by atoms with Gasteiger partial charge in [-0.15, -0.1) is 0 Å². The van der Waals surface area contributed by atoms with Gasteiger partial charge in [0, 0.05) is 23.6 Å². The number of benzene rings is 1. The Bertz CT molecular complexity index is 936. The summed E-state index contributed by atoms with van der Waals surface area (Å²) in [6.07, 6.45) is 6.11. The SMILES string of the molecule is Cc1ccc(NC(=O)CCC2=NC(=O)C3C(=N2)SC2=C3CCCCC2)cc1Cl. The van der Waals surface area contributed by atoms with Crippen molar-refractivity contribution in [3.63, 3.8) is 0 Å². The van der Waals surface area contributed by atoms with Crippen molar-refractivity contribution < 1.29 is 9.59 Å². The summed E-state index contributed by atoms with van der Waals surface area (Å²) >= 11 is 7.75. The molecule has 0 radical (unpaired) electrons. The third-order valence-corrected chi connectivity index (χ3v) is 6.94. The Morgan fingerprint density at radius 3 is 2.89 bits per heavy atom. The van der Waals surface area contributed by atoms with Crippen molar-refractivity contribution in [2.45, 2.75) is 51.9 Å². The van der Waals surface area contributed by atoms with Crippen molar-refractivity contribution in [1.82, 2.24) is 0 Å². The van der Waals surface area contributed by atoms with Crippen LogP contribution in [-0.4, -0.2) is 22.7 Å². The second-order valence-electron chi connectivity index (χ2n) is 7.37. The van der Waals surface area contributed by atoms with Crippen LogP contribution in [-0.2, 0) is 9.59 Å². The number of hydrogen-bond acceptors (Lipinski definition) is 4. The van der Waals surface area contributed by atoms with Crippen LogP contribution in [0, 0.1) is 12.8 Å². The molecule has 3 aliphatic rings. The van der Waals surface area contributed by atoms with Gasteiger partial charge in [0.1, 0.15) is 11.8 Å². The molecule has 0 bridgehead atoms. The van der Waals surface area contributed by atoms with Crippen LogP contribution >= 0.6 is 23.4 Å². The predicted octanol–water partition coefficient (Wildman–Crippen LogP) is 5.29. The molecule has 7 heteroatoms. The second kappa shape index (κ2) is 8.21.